The average Bonchev–Trinajstić information content (AvgIpc) is 2.49. The molecule has 2 aromatic carbocycles. The van der Waals surface area contributed by atoms with Crippen LogP contribution in [0.15, 0.2) is 53.4 Å². The van der Waals surface area contributed by atoms with Gasteiger partial charge in [0.2, 0.25) is 10.0 Å². The van der Waals surface area contributed by atoms with Gasteiger partial charge in [0.05, 0.1) is 4.90 Å². The first-order chi connectivity index (χ1) is 10.4. The highest BCUT2D eigenvalue weighted by Gasteiger charge is 2.17. The maximum Gasteiger partial charge on any atom is 0.242 e. The molecule has 0 saturated carbocycles. The van der Waals surface area contributed by atoms with Crippen molar-refractivity contribution in [1.29, 1.82) is 0 Å². The summed E-state index contributed by atoms with van der Waals surface area (Å²) in [5, 5.41) is 0.763. The van der Waals surface area contributed by atoms with Crippen LogP contribution in [0.5, 0.6) is 0 Å². The number of sulfonamides is 1. The van der Waals surface area contributed by atoms with Gasteiger partial charge >= 0.3 is 0 Å². The Kier molecular flexibility index (Phi) is 5.92. The van der Waals surface area contributed by atoms with Crippen LogP contribution in [0.4, 0.5) is 0 Å². The minimum Gasteiger partial charge on any atom is -0.207 e. The zero-order chi connectivity index (χ0) is 16.2. The van der Waals surface area contributed by atoms with Gasteiger partial charge in [-0.1, -0.05) is 41.9 Å². The summed E-state index contributed by atoms with van der Waals surface area (Å²) in [5.41, 5.74) is 2.08. The van der Waals surface area contributed by atoms with Crippen molar-refractivity contribution < 1.29 is 8.42 Å². The summed E-state index contributed by atoms with van der Waals surface area (Å²) in [6, 6.07) is 14.8. The van der Waals surface area contributed by atoms with Gasteiger partial charge in [-0.3, -0.25) is 0 Å². The van der Waals surface area contributed by atoms with Crippen LogP contribution in [-0.4, -0.2) is 26.8 Å². The smallest absolute Gasteiger partial charge is 0.207 e. The Labute approximate surface area is 141 Å². The van der Waals surface area contributed by atoms with E-state index in [0.717, 1.165) is 27.7 Å². The fraction of sp³-hybridized carbons (Fsp3) is 0.250. The Hall–Kier alpha value is -1.01. The number of rotatable bonds is 6. The summed E-state index contributed by atoms with van der Waals surface area (Å²) in [6.07, 6.45) is 0. The van der Waals surface area contributed by atoms with Gasteiger partial charge in [0.15, 0.2) is 0 Å². The van der Waals surface area contributed by atoms with Crippen molar-refractivity contribution in [2.75, 3.05) is 14.1 Å². The van der Waals surface area contributed by atoms with E-state index in [9.17, 15) is 8.42 Å². The third-order valence-electron chi connectivity index (χ3n) is 3.16. The summed E-state index contributed by atoms with van der Waals surface area (Å²) < 4.78 is 25.5. The average molecular weight is 356 g/mol. The molecule has 0 radical (unpaired) electrons. The van der Waals surface area contributed by atoms with Crippen LogP contribution in [0.25, 0.3) is 0 Å². The molecule has 22 heavy (non-hydrogen) atoms. The second-order valence-corrected chi connectivity index (χ2v) is 8.56. The van der Waals surface area contributed by atoms with E-state index < -0.39 is 10.0 Å². The zero-order valence-electron chi connectivity index (χ0n) is 12.5. The minimum absolute atomic E-state index is 0.327. The lowest BCUT2D eigenvalue weighted by atomic mass is 10.2. The van der Waals surface area contributed by atoms with E-state index in [-0.39, 0.29) is 0 Å². The van der Waals surface area contributed by atoms with Crippen molar-refractivity contribution in [3.05, 3.63) is 64.7 Å². The summed E-state index contributed by atoms with van der Waals surface area (Å²) in [6.45, 7) is 0. The first kappa shape index (κ1) is 17.3. The van der Waals surface area contributed by atoms with Crippen LogP contribution in [0.3, 0.4) is 0 Å². The molecule has 0 aliphatic rings. The maximum absolute atomic E-state index is 12.1. The zero-order valence-corrected chi connectivity index (χ0v) is 14.9. The lowest BCUT2D eigenvalue weighted by molar-refractivity contribution is 0.520. The summed E-state index contributed by atoms with van der Waals surface area (Å²) in [7, 11) is -0.309. The van der Waals surface area contributed by atoms with Crippen LogP contribution in [-0.2, 0) is 21.5 Å². The Bertz CT molecular complexity index is 745. The normalized spacial score (nSPS) is 11.8. The van der Waals surface area contributed by atoms with Crippen LogP contribution in [0.2, 0.25) is 5.02 Å². The predicted octanol–water partition coefficient (Wildman–Crippen LogP) is 4.02. The molecule has 0 aromatic heterocycles. The van der Waals surface area contributed by atoms with Gasteiger partial charge in [-0.2, -0.15) is 11.8 Å². The third kappa shape index (κ3) is 4.26. The van der Waals surface area contributed by atoms with Crippen molar-refractivity contribution in [2.24, 2.45) is 0 Å². The van der Waals surface area contributed by atoms with Crippen molar-refractivity contribution in [1.82, 2.24) is 4.31 Å². The molecular formula is C16H18ClNO2S2. The summed E-state index contributed by atoms with van der Waals surface area (Å²) >= 11 is 7.84. The Morgan fingerprint density at radius 3 is 2.45 bits per heavy atom. The van der Waals surface area contributed by atoms with Gasteiger partial charge in [-0.25, -0.2) is 12.7 Å². The predicted molar refractivity (Wildman–Crippen MR) is 93.8 cm³/mol. The molecule has 2 rings (SSSR count). The Balaban J connectivity index is 2.04. The first-order valence-electron chi connectivity index (χ1n) is 6.74. The van der Waals surface area contributed by atoms with E-state index in [1.807, 2.05) is 30.3 Å². The number of hydrogen-bond donors (Lipinski definition) is 0. The lowest BCUT2D eigenvalue weighted by Crippen LogP contribution is -2.22. The van der Waals surface area contributed by atoms with E-state index in [1.54, 1.807) is 30.0 Å². The number of halogens is 1. The Morgan fingerprint density at radius 1 is 1.05 bits per heavy atom. The SMILES string of the molecule is CN(C)S(=O)(=O)c1cccc(CSCc2ccccc2Cl)c1. The fourth-order valence-corrected chi connectivity index (χ4v) is 4.14. The Morgan fingerprint density at radius 2 is 1.77 bits per heavy atom. The monoisotopic (exact) mass is 355 g/mol. The largest absolute Gasteiger partial charge is 0.242 e. The van der Waals surface area contributed by atoms with Crippen molar-refractivity contribution in [3.8, 4) is 0 Å². The molecule has 0 atom stereocenters. The van der Waals surface area contributed by atoms with E-state index >= 15 is 0 Å². The molecule has 0 spiro atoms. The fourth-order valence-electron chi connectivity index (χ4n) is 1.90. The second kappa shape index (κ2) is 7.51. The van der Waals surface area contributed by atoms with Gasteiger partial charge in [0.25, 0.3) is 0 Å². The number of nitrogens with zero attached hydrogens (tertiary/aromatic N) is 1. The molecular weight excluding hydrogens is 338 g/mol. The van der Waals surface area contributed by atoms with E-state index in [0.29, 0.717) is 4.90 Å². The molecule has 0 heterocycles. The van der Waals surface area contributed by atoms with Crippen LogP contribution < -0.4 is 0 Å². The highest BCUT2D eigenvalue weighted by Crippen LogP contribution is 2.24. The summed E-state index contributed by atoms with van der Waals surface area (Å²) in [5.74, 6) is 1.53. The quantitative estimate of drug-likeness (QED) is 0.785. The molecule has 0 aliphatic heterocycles. The highest BCUT2D eigenvalue weighted by molar-refractivity contribution is 7.97. The van der Waals surface area contributed by atoms with Crippen LogP contribution >= 0.6 is 23.4 Å². The standard InChI is InChI=1S/C16H18ClNO2S2/c1-18(2)22(19,20)15-8-5-6-13(10-15)11-21-12-14-7-3-4-9-16(14)17/h3-10H,11-12H2,1-2H3. The molecule has 118 valence electrons. The van der Waals surface area contributed by atoms with Gasteiger partial charge < -0.3 is 0 Å². The molecule has 0 amide bonds. The third-order valence-corrected chi connectivity index (χ3v) is 6.39. The van der Waals surface area contributed by atoms with Crippen LogP contribution in [0, 0.1) is 0 Å². The first-order valence-corrected chi connectivity index (χ1v) is 9.71. The molecule has 0 saturated heterocycles. The van der Waals surface area contributed by atoms with Gasteiger partial charge in [-0.15, -0.1) is 0 Å². The number of benzene rings is 2. The molecule has 0 unspecified atom stereocenters. The molecule has 2 aromatic rings. The number of hydrogen-bond acceptors (Lipinski definition) is 3. The molecule has 0 bridgehead atoms. The van der Waals surface area contributed by atoms with E-state index in [2.05, 4.69) is 0 Å². The lowest BCUT2D eigenvalue weighted by Gasteiger charge is -2.12. The highest BCUT2D eigenvalue weighted by atomic mass is 35.5. The molecule has 0 N–H and O–H groups in total. The topological polar surface area (TPSA) is 37.4 Å². The number of thioether (sulfide) groups is 1. The van der Waals surface area contributed by atoms with E-state index in [4.69, 9.17) is 11.6 Å². The van der Waals surface area contributed by atoms with Crippen molar-refractivity contribution in [2.45, 2.75) is 16.4 Å². The second-order valence-electron chi connectivity index (χ2n) is 5.02. The van der Waals surface area contributed by atoms with Gasteiger partial charge in [-0.05, 0) is 29.3 Å². The molecule has 0 aliphatic carbocycles. The maximum atomic E-state index is 12.1. The summed E-state index contributed by atoms with van der Waals surface area (Å²) in [4.78, 5) is 0.327. The van der Waals surface area contributed by atoms with Gasteiger partial charge in [0.1, 0.15) is 0 Å². The molecule has 6 heteroatoms. The van der Waals surface area contributed by atoms with Crippen LogP contribution in [0.1, 0.15) is 11.1 Å². The van der Waals surface area contributed by atoms with E-state index in [1.165, 1.54) is 18.4 Å². The molecule has 0 fully saturated rings. The van der Waals surface area contributed by atoms with Crippen molar-refractivity contribution >= 4 is 33.4 Å². The van der Waals surface area contributed by atoms with Crippen molar-refractivity contribution in [3.63, 3.8) is 0 Å². The van der Waals surface area contributed by atoms with Gasteiger partial charge in [0, 0.05) is 30.6 Å². The minimum atomic E-state index is -3.38. The molecule has 3 nitrogen and oxygen atoms in total.